The molecule has 0 aliphatic carbocycles. The van der Waals surface area contributed by atoms with E-state index in [1.165, 1.54) is 11.1 Å². The highest BCUT2D eigenvalue weighted by atomic mass is 16.5. The lowest BCUT2D eigenvalue weighted by Crippen LogP contribution is -2.57. The van der Waals surface area contributed by atoms with E-state index in [0.29, 0.717) is 0 Å². The number of fused-ring (bicyclic) bond motifs is 4. The largest absolute Gasteiger partial charge is 0.458 e. The Morgan fingerprint density at radius 2 is 0.683 bits per heavy atom. The van der Waals surface area contributed by atoms with Crippen LogP contribution in [0.5, 0.6) is 23.0 Å². The predicted molar refractivity (Wildman–Crippen MR) is 250 cm³/mol. The van der Waals surface area contributed by atoms with E-state index >= 15 is 0 Å². The van der Waals surface area contributed by atoms with E-state index in [-0.39, 0.29) is 6.71 Å². The number of hydrogen-bond donors (Lipinski definition) is 0. The highest BCUT2D eigenvalue weighted by Gasteiger charge is 2.41. The first-order valence-corrected chi connectivity index (χ1v) is 20.6. The van der Waals surface area contributed by atoms with Gasteiger partial charge < -0.3 is 14.4 Å². The fraction of sp³-hybridized carbons (Fsp3) is 0.0357. The molecule has 11 rings (SSSR count). The second kappa shape index (κ2) is 14.7. The van der Waals surface area contributed by atoms with Crippen LogP contribution in [0, 0.1) is 13.8 Å². The normalized spacial score (nSPS) is 12.1. The van der Waals surface area contributed by atoms with E-state index in [1.54, 1.807) is 0 Å². The maximum Gasteiger partial charge on any atom is 0.260 e. The Bertz CT molecular complexity index is 2850. The summed E-state index contributed by atoms with van der Waals surface area (Å²) in [5.74, 6) is 3.30. The van der Waals surface area contributed by atoms with Gasteiger partial charge in [-0.3, -0.25) is 0 Å². The van der Waals surface area contributed by atoms with E-state index in [4.69, 9.17) is 9.47 Å². The molecule has 0 aromatic heterocycles. The maximum atomic E-state index is 7.10. The molecule has 60 heavy (non-hydrogen) atoms. The van der Waals surface area contributed by atoms with Crippen molar-refractivity contribution in [3.8, 4) is 67.5 Å². The summed E-state index contributed by atoms with van der Waals surface area (Å²) in [6.45, 7) is 4.31. The van der Waals surface area contributed by atoms with Crippen molar-refractivity contribution in [2.45, 2.75) is 13.8 Å². The minimum Gasteiger partial charge on any atom is -0.458 e. The molecule has 2 aliphatic heterocycles. The summed E-state index contributed by atoms with van der Waals surface area (Å²) in [6, 6.07) is 73.6. The summed E-state index contributed by atoms with van der Waals surface area (Å²) < 4.78 is 14.2. The topological polar surface area (TPSA) is 21.7 Å². The minimum absolute atomic E-state index is 0.0778. The van der Waals surface area contributed by atoms with Gasteiger partial charge in [0.1, 0.15) is 23.0 Å². The molecule has 0 radical (unpaired) electrons. The first kappa shape index (κ1) is 35.6. The Morgan fingerprint density at radius 3 is 1.07 bits per heavy atom. The van der Waals surface area contributed by atoms with Gasteiger partial charge in [0.25, 0.3) is 6.71 Å². The number of anilines is 3. The van der Waals surface area contributed by atoms with Crippen molar-refractivity contribution < 1.29 is 9.47 Å². The summed E-state index contributed by atoms with van der Waals surface area (Å²) in [6.07, 6.45) is 0. The van der Waals surface area contributed by atoms with Gasteiger partial charge in [-0.15, -0.1) is 0 Å². The third kappa shape index (κ3) is 6.25. The monoisotopic (exact) mass is 769 g/mol. The van der Waals surface area contributed by atoms with Crippen LogP contribution in [-0.2, 0) is 0 Å². The van der Waals surface area contributed by atoms with Crippen LogP contribution in [0.25, 0.3) is 44.5 Å². The molecule has 0 bridgehead atoms. The van der Waals surface area contributed by atoms with Crippen molar-refractivity contribution in [3.05, 3.63) is 217 Å². The third-order valence-electron chi connectivity index (χ3n) is 12.1. The van der Waals surface area contributed by atoms with Crippen molar-refractivity contribution in [2.24, 2.45) is 0 Å². The maximum absolute atomic E-state index is 7.10. The van der Waals surface area contributed by atoms with Crippen LogP contribution in [0.1, 0.15) is 11.1 Å². The molecule has 0 N–H and O–H groups in total. The Balaban J connectivity index is 1.14. The number of aryl methyl sites for hydroxylation is 2. The van der Waals surface area contributed by atoms with Crippen molar-refractivity contribution >= 4 is 40.2 Å². The molecule has 284 valence electrons. The van der Waals surface area contributed by atoms with Crippen molar-refractivity contribution in [2.75, 3.05) is 4.90 Å². The second-order valence-corrected chi connectivity index (χ2v) is 15.8. The molecular formula is C56H40BNO2. The SMILES string of the molecule is Cc1ccc(-c2ccccc2)cc1N(c1cc2c3c(c1)Oc1cc(-c4ccccc4)ccc1B3c1ccc(-c3ccccc3)cc1O2)c1cc(-c2ccccc2)ccc1C. The lowest BCUT2D eigenvalue weighted by molar-refractivity contribution is 0.465. The van der Waals surface area contributed by atoms with Gasteiger partial charge in [0.2, 0.25) is 0 Å². The second-order valence-electron chi connectivity index (χ2n) is 15.8. The molecular weight excluding hydrogens is 729 g/mol. The van der Waals surface area contributed by atoms with Crippen LogP contribution in [0.15, 0.2) is 206 Å². The smallest absolute Gasteiger partial charge is 0.260 e. The molecule has 4 heteroatoms. The first-order valence-electron chi connectivity index (χ1n) is 20.6. The Hall–Kier alpha value is -7.56. The standard InChI is InChI=1S/C56H40BNO2/c1-37-23-25-43(39-15-7-3-8-16-39)31-50(37)58(51-32-44(26-24-38(51)2)40-17-9-4-10-18-40)47-35-54-56-55(36-47)60-53-34-46(42-21-13-6-14-22-42)28-30-49(53)57(56)48-29-27-45(33-52(48)59-54)41-19-11-5-12-20-41/h3-36H,1-2H3. The van der Waals surface area contributed by atoms with Gasteiger partial charge in [-0.25, -0.2) is 0 Å². The van der Waals surface area contributed by atoms with Gasteiger partial charge in [-0.2, -0.15) is 0 Å². The molecule has 2 aliphatic rings. The van der Waals surface area contributed by atoms with Gasteiger partial charge in [0.15, 0.2) is 0 Å². The molecule has 0 fully saturated rings. The van der Waals surface area contributed by atoms with Gasteiger partial charge in [0, 0.05) is 29.0 Å². The highest BCUT2D eigenvalue weighted by Crippen LogP contribution is 2.46. The molecule has 0 unspecified atom stereocenters. The van der Waals surface area contributed by atoms with Crippen molar-refractivity contribution in [3.63, 3.8) is 0 Å². The zero-order chi connectivity index (χ0) is 40.2. The summed E-state index contributed by atoms with van der Waals surface area (Å²) in [4.78, 5) is 2.40. The lowest BCUT2D eigenvalue weighted by Gasteiger charge is -2.36. The Kier molecular flexibility index (Phi) is 8.71. The molecule has 2 heterocycles. The third-order valence-corrected chi connectivity index (χ3v) is 12.1. The molecule has 0 saturated carbocycles. The summed E-state index contributed by atoms with van der Waals surface area (Å²) >= 11 is 0. The molecule has 0 atom stereocenters. The fourth-order valence-corrected chi connectivity index (χ4v) is 8.96. The van der Waals surface area contributed by atoms with Gasteiger partial charge in [0.05, 0.1) is 5.69 Å². The molecule has 9 aromatic rings. The minimum atomic E-state index is -0.0778. The zero-order valence-electron chi connectivity index (χ0n) is 33.5. The number of rotatable bonds is 7. The van der Waals surface area contributed by atoms with Crippen molar-refractivity contribution in [1.29, 1.82) is 0 Å². The van der Waals surface area contributed by atoms with Crippen LogP contribution in [0.4, 0.5) is 17.1 Å². The average molecular weight is 770 g/mol. The number of ether oxygens (including phenoxy) is 2. The average Bonchev–Trinajstić information content (AvgIpc) is 3.31. The van der Waals surface area contributed by atoms with E-state index in [2.05, 4.69) is 225 Å². The van der Waals surface area contributed by atoms with Crippen LogP contribution < -0.4 is 30.8 Å². The highest BCUT2D eigenvalue weighted by molar-refractivity contribution is 6.98. The van der Waals surface area contributed by atoms with Crippen LogP contribution in [0.2, 0.25) is 0 Å². The number of hydrogen-bond acceptors (Lipinski definition) is 3. The van der Waals surface area contributed by atoms with Gasteiger partial charge in [-0.1, -0.05) is 170 Å². The zero-order valence-corrected chi connectivity index (χ0v) is 33.5. The fourth-order valence-electron chi connectivity index (χ4n) is 8.96. The van der Waals surface area contributed by atoms with E-state index in [9.17, 15) is 0 Å². The lowest BCUT2D eigenvalue weighted by atomic mass is 9.34. The summed E-state index contributed by atoms with van der Waals surface area (Å²) in [7, 11) is 0. The number of benzene rings is 9. The molecule has 0 spiro atoms. The van der Waals surface area contributed by atoms with Gasteiger partial charge >= 0.3 is 0 Å². The molecule has 0 saturated heterocycles. The molecule has 3 nitrogen and oxygen atoms in total. The molecule has 0 amide bonds. The van der Waals surface area contributed by atoms with E-state index in [1.807, 2.05) is 0 Å². The van der Waals surface area contributed by atoms with Crippen molar-refractivity contribution in [1.82, 2.24) is 0 Å². The molecule has 9 aromatic carbocycles. The first-order chi connectivity index (χ1) is 29.6. The number of nitrogens with zero attached hydrogens (tertiary/aromatic N) is 1. The quantitative estimate of drug-likeness (QED) is 0.151. The predicted octanol–water partition coefficient (Wildman–Crippen LogP) is 13.2. The van der Waals surface area contributed by atoms with E-state index < -0.39 is 0 Å². The summed E-state index contributed by atoms with van der Waals surface area (Å²) in [5, 5.41) is 0. The van der Waals surface area contributed by atoms with Crippen LogP contribution in [0.3, 0.4) is 0 Å². The van der Waals surface area contributed by atoms with Gasteiger partial charge in [-0.05, 0) is 105 Å². The van der Waals surface area contributed by atoms with Crippen LogP contribution in [-0.4, -0.2) is 6.71 Å². The van der Waals surface area contributed by atoms with E-state index in [0.717, 1.165) is 101 Å². The summed E-state index contributed by atoms with van der Waals surface area (Å²) in [5.41, 5.74) is 17.9. The Labute approximate surface area is 351 Å². The Morgan fingerprint density at radius 1 is 0.333 bits per heavy atom. The van der Waals surface area contributed by atoms with Crippen LogP contribution >= 0.6 is 0 Å².